The van der Waals surface area contributed by atoms with Crippen molar-refractivity contribution in [2.75, 3.05) is 0 Å². The van der Waals surface area contributed by atoms with Crippen molar-refractivity contribution in [3.63, 3.8) is 0 Å². The molecule has 2 N–H and O–H groups in total. The van der Waals surface area contributed by atoms with Crippen molar-refractivity contribution >= 4 is 22.9 Å². The molecule has 0 radical (unpaired) electrons. The quantitative estimate of drug-likeness (QED) is 0.635. The van der Waals surface area contributed by atoms with Gasteiger partial charge in [0.2, 0.25) is 5.56 Å². The molecule has 5 heteroatoms. The molecule has 0 saturated heterocycles. The van der Waals surface area contributed by atoms with Crippen LogP contribution in [0.1, 0.15) is 12.1 Å². The van der Waals surface area contributed by atoms with Crippen molar-refractivity contribution in [2.24, 2.45) is 5.10 Å². The highest BCUT2D eigenvalue weighted by molar-refractivity contribution is 7.80. The lowest BCUT2D eigenvalue weighted by Crippen LogP contribution is -2.11. The first-order chi connectivity index (χ1) is 6.25. The van der Waals surface area contributed by atoms with Crippen molar-refractivity contribution in [3.8, 4) is 0 Å². The normalized spacial score (nSPS) is 15.4. The van der Waals surface area contributed by atoms with Crippen LogP contribution in [0.2, 0.25) is 0 Å². The molecule has 0 aromatic carbocycles. The average Bonchev–Trinajstić information content (AvgIpc) is 2.52. The Balaban J connectivity index is 2.37. The number of thiocarbonyl (C=S) groups is 1. The summed E-state index contributed by atoms with van der Waals surface area (Å²) in [6.07, 6.45) is 0.593. The smallest absolute Gasteiger partial charge is 0.248 e. The third-order valence-corrected chi connectivity index (χ3v) is 1.96. The van der Waals surface area contributed by atoms with E-state index in [9.17, 15) is 4.79 Å². The molecule has 2 rings (SSSR count). The van der Waals surface area contributed by atoms with E-state index < -0.39 is 0 Å². The fourth-order valence-electron chi connectivity index (χ4n) is 1.13. The number of hydrazone groups is 1. The van der Waals surface area contributed by atoms with E-state index in [2.05, 4.69) is 15.5 Å². The zero-order valence-corrected chi connectivity index (χ0v) is 7.52. The molecule has 4 nitrogen and oxygen atoms in total. The predicted molar refractivity (Wildman–Crippen MR) is 54.0 cm³/mol. The Hall–Kier alpha value is -1.49. The molecule has 0 unspecified atom stereocenters. The summed E-state index contributed by atoms with van der Waals surface area (Å²) in [7, 11) is 0. The standard InChI is InChI=1S/C8H7N3OS/c12-7-3-1-2-5(9-7)6-4-8(13)11-10-6/h1-3H,4H2,(H,9,12)(H,11,13). The number of hydrogen-bond acceptors (Lipinski definition) is 3. The molecule has 0 fully saturated rings. The summed E-state index contributed by atoms with van der Waals surface area (Å²) in [5.41, 5.74) is 4.06. The molecule has 0 amide bonds. The van der Waals surface area contributed by atoms with Crippen molar-refractivity contribution in [1.82, 2.24) is 10.4 Å². The van der Waals surface area contributed by atoms with E-state index in [1.165, 1.54) is 6.07 Å². The highest BCUT2D eigenvalue weighted by Crippen LogP contribution is 2.04. The van der Waals surface area contributed by atoms with Gasteiger partial charge in [-0.1, -0.05) is 18.3 Å². The molecule has 0 bridgehead atoms. The van der Waals surface area contributed by atoms with Crippen LogP contribution >= 0.6 is 12.2 Å². The van der Waals surface area contributed by atoms with Gasteiger partial charge in [0.15, 0.2) is 0 Å². The summed E-state index contributed by atoms with van der Waals surface area (Å²) in [4.78, 5) is 14.3. The van der Waals surface area contributed by atoms with Crippen LogP contribution < -0.4 is 11.0 Å². The average molecular weight is 193 g/mol. The topological polar surface area (TPSA) is 57.2 Å². The van der Waals surface area contributed by atoms with Crippen molar-refractivity contribution in [3.05, 3.63) is 34.2 Å². The molecule has 1 aliphatic heterocycles. The van der Waals surface area contributed by atoms with Gasteiger partial charge in [0.1, 0.15) is 4.99 Å². The van der Waals surface area contributed by atoms with E-state index in [-0.39, 0.29) is 5.56 Å². The van der Waals surface area contributed by atoms with E-state index in [0.29, 0.717) is 11.4 Å². The summed E-state index contributed by atoms with van der Waals surface area (Å²) in [6.45, 7) is 0. The van der Waals surface area contributed by atoms with Crippen LogP contribution in [0.15, 0.2) is 28.1 Å². The number of aromatic nitrogens is 1. The molecule has 2 heterocycles. The molecule has 0 atom stereocenters. The fraction of sp³-hybridized carbons (Fsp3) is 0.125. The number of nitrogens with one attached hydrogen (secondary N) is 2. The van der Waals surface area contributed by atoms with Crippen LogP contribution in [0.5, 0.6) is 0 Å². The van der Waals surface area contributed by atoms with Crippen LogP contribution in [0, 0.1) is 0 Å². The predicted octanol–water partition coefficient (Wildman–Crippen LogP) is 0.400. The first kappa shape index (κ1) is 8.12. The molecule has 0 saturated carbocycles. The van der Waals surface area contributed by atoms with Crippen LogP contribution in [-0.2, 0) is 0 Å². The van der Waals surface area contributed by atoms with E-state index in [0.717, 1.165) is 11.4 Å². The maximum absolute atomic E-state index is 11.0. The number of nitrogens with zero attached hydrogens (tertiary/aromatic N) is 1. The minimum atomic E-state index is -0.127. The summed E-state index contributed by atoms with van der Waals surface area (Å²) < 4.78 is 0. The van der Waals surface area contributed by atoms with Crippen LogP contribution in [0.3, 0.4) is 0 Å². The molecule has 0 spiro atoms. The van der Waals surface area contributed by atoms with E-state index in [1.54, 1.807) is 12.1 Å². The lowest BCUT2D eigenvalue weighted by atomic mass is 10.2. The van der Waals surface area contributed by atoms with Gasteiger partial charge in [-0.2, -0.15) is 5.10 Å². The molecular formula is C8H7N3OS. The van der Waals surface area contributed by atoms with Crippen molar-refractivity contribution in [2.45, 2.75) is 6.42 Å². The summed E-state index contributed by atoms with van der Waals surface area (Å²) in [5, 5.41) is 3.98. The van der Waals surface area contributed by atoms with Gasteiger partial charge < -0.3 is 4.98 Å². The highest BCUT2D eigenvalue weighted by atomic mass is 32.1. The Morgan fingerprint density at radius 3 is 2.92 bits per heavy atom. The van der Waals surface area contributed by atoms with E-state index >= 15 is 0 Å². The number of pyridine rings is 1. The van der Waals surface area contributed by atoms with Gasteiger partial charge in [0.25, 0.3) is 0 Å². The monoisotopic (exact) mass is 193 g/mol. The van der Waals surface area contributed by atoms with Gasteiger partial charge in [-0.3, -0.25) is 10.2 Å². The van der Waals surface area contributed by atoms with Crippen LogP contribution in [0.4, 0.5) is 0 Å². The van der Waals surface area contributed by atoms with Crippen LogP contribution in [0.25, 0.3) is 0 Å². The Morgan fingerprint density at radius 1 is 1.46 bits per heavy atom. The molecule has 1 aromatic heterocycles. The molecule has 13 heavy (non-hydrogen) atoms. The molecule has 1 aromatic rings. The zero-order valence-electron chi connectivity index (χ0n) is 6.70. The second kappa shape index (κ2) is 3.10. The lowest BCUT2D eigenvalue weighted by Gasteiger charge is -1.96. The van der Waals surface area contributed by atoms with Gasteiger partial charge in [-0.15, -0.1) is 0 Å². The van der Waals surface area contributed by atoms with Gasteiger partial charge in [-0.05, 0) is 6.07 Å². The van der Waals surface area contributed by atoms with Crippen molar-refractivity contribution < 1.29 is 0 Å². The fourth-order valence-corrected chi connectivity index (χ4v) is 1.31. The summed E-state index contributed by atoms with van der Waals surface area (Å²) in [6, 6.07) is 4.96. The number of H-pyrrole nitrogens is 1. The minimum Gasteiger partial charge on any atom is -0.321 e. The Bertz CT molecular complexity index is 435. The summed E-state index contributed by atoms with van der Waals surface area (Å²) in [5.74, 6) is 0. The first-order valence-electron chi connectivity index (χ1n) is 3.81. The Labute approximate surface area is 79.7 Å². The number of aromatic amines is 1. The lowest BCUT2D eigenvalue weighted by molar-refractivity contribution is 1.07. The Morgan fingerprint density at radius 2 is 2.31 bits per heavy atom. The van der Waals surface area contributed by atoms with Crippen LogP contribution in [-0.4, -0.2) is 15.7 Å². The number of rotatable bonds is 1. The minimum absolute atomic E-state index is 0.127. The highest BCUT2D eigenvalue weighted by Gasteiger charge is 2.13. The SMILES string of the molecule is O=c1cccc(C2=NNC(=S)C2)[nH]1. The third-order valence-electron chi connectivity index (χ3n) is 1.72. The second-order valence-electron chi connectivity index (χ2n) is 2.70. The van der Waals surface area contributed by atoms with Crippen molar-refractivity contribution in [1.29, 1.82) is 0 Å². The van der Waals surface area contributed by atoms with E-state index in [1.807, 2.05) is 0 Å². The van der Waals surface area contributed by atoms with Gasteiger partial charge >= 0.3 is 0 Å². The molecule has 0 aliphatic carbocycles. The maximum atomic E-state index is 11.0. The molecular weight excluding hydrogens is 186 g/mol. The zero-order chi connectivity index (χ0) is 9.26. The first-order valence-corrected chi connectivity index (χ1v) is 4.21. The number of hydrogen-bond donors (Lipinski definition) is 2. The Kier molecular flexibility index (Phi) is 1.94. The summed E-state index contributed by atoms with van der Waals surface area (Å²) >= 11 is 4.91. The molecule has 66 valence electrons. The maximum Gasteiger partial charge on any atom is 0.248 e. The third kappa shape index (κ3) is 1.65. The van der Waals surface area contributed by atoms with Gasteiger partial charge in [-0.25, -0.2) is 0 Å². The van der Waals surface area contributed by atoms with E-state index in [4.69, 9.17) is 12.2 Å². The second-order valence-corrected chi connectivity index (χ2v) is 3.19. The molecule has 1 aliphatic rings. The van der Waals surface area contributed by atoms with Gasteiger partial charge in [0, 0.05) is 12.5 Å². The largest absolute Gasteiger partial charge is 0.321 e. The van der Waals surface area contributed by atoms with Gasteiger partial charge in [0.05, 0.1) is 11.4 Å².